The maximum atomic E-state index is 11.9. The monoisotopic (exact) mass is 434 g/mol. The average Bonchev–Trinajstić information content (AvgIpc) is 3.15. The zero-order valence-corrected chi connectivity index (χ0v) is 17.2. The molecule has 0 saturated heterocycles. The Bertz CT molecular complexity index is 918. The predicted octanol–water partition coefficient (Wildman–Crippen LogP) is 4.73. The van der Waals surface area contributed by atoms with Crippen molar-refractivity contribution >= 4 is 58.6 Å². The molecule has 2 aromatic carbocycles. The van der Waals surface area contributed by atoms with Gasteiger partial charge in [0, 0.05) is 16.3 Å². The van der Waals surface area contributed by atoms with Gasteiger partial charge in [0.2, 0.25) is 0 Å². The van der Waals surface area contributed by atoms with Gasteiger partial charge in [-0.1, -0.05) is 95.0 Å². The highest BCUT2D eigenvalue weighted by atomic mass is 35.5. The van der Waals surface area contributed by atoms with E-state index < -0.39 is 0 Å². The van der Waals surface area contributed by atoms with Gasteiger partial charge in [-0.3, -0.25) is 4.79 Å². The number of hydrogen-bond acceptors (Lipinski definition) is 7. The van der Waals surface area contributed by atoms with Crippen molar-refractivity contribution in [3.63, 3.8) is 0 Å². The number of amides is 1. The molecule has 0 radical (unpaired) electrons. The summed E-state index contributed by atoms with van der Waals surface area (Å²) in [5, 5.41) is 12.8. The molecule has 5 nitrogen and oxygen atoms in total. The topological polar surface area (TPSA) is 67.2 Å². The molecule has 0 aliphatic heterocycles. The van der Waals surface area contributed by atoms with Gasteiger partial charge in [0.1, 0.15) is 0 Å². The normalized spacial score (nSPS) is 11.0. The summed E-state index contributed by atoms with van der Waals surface area (Å²) in [7, 11) is 0. The second-order valence-corrected chi connectivity index (χ2v) is 9.04. The molecule has 3 rings (SSSR count). The van der Waals surface area contributed by atoms with E-state index in [1.54, 1.807) is 17.8 Å². The first-order chi connectivity index (χ1) is 13.2. The Morgan fingerprint density at radius 1 is 1.07 bits per heavy atom. The largest absolute Gasteiger partial charge is 0.272 e. The molecule has 0 unspecified atom stereocenters. The van der Waals surface area contributed by atoms with Crippen LogP contribution in [0.5, 0.6) is 0 Å². The van der Waals surface area contributed by atoms with Gasteiger partial charge < -0.3 is 0 Å². The van der Waals surface area contributed by atoms with Crippen LogP contribution in [0.25, 0.3) is 0 Å². The summed E-state index contributed by atoms with van der Waals surface area (Å²) in [4.78, 5) is 11.9. The first-order valence-corrected chi connectivity index (χ1v) is 11.1. The number of carbonyl (C=O) groups excluding carboxylic acids is 1. The highest BCUT2D eigenvalue weighted by Crippen LogP contribution is 2.30. The van der Waals surface area contributed by atoms with Crippen LogP contribution in [0.3, 0.4) is 0 Å². The van der Waals surface area contributed by atoms with Crippen LogP contribution in [0.4, 0.5) is 0 Å². The van der Waals surface area contributed by atoms with E-state index in [9.17, 15) is 4.79 Å². The second-order valence-electron chi connectivity index (χ2n) is 5.21. The summed E-state index contributed by atoms with van der Waals surface area (Å²) in [5.74, 6) is 0.854. The van der Waals surface area contributed by atoms with Crippen LogP contribution >= 0.6 is 46.5 Å². The standard InChI is InChI=1S/C18H15ClN4OS3/c19-15-9-5-4-8-14(15)10-20-21-16(24)12-26-18-23-22-17(27-18)25-11-13-6-2-1-3-7-13/h1-10H,11-12H2,(H,21,24)/b20-10-. The molecule has 0 aliphatic rings. The lowest BCUT2D eigenvalue weighted by atomic mass is 10.2. The number of nitrogens with zero attached hydrogens (tertiary/aromatic N) is 3. The molecule has 0 spiro atoms. The van der Waals surface area contributed by atoms with E-state index in [-0.39, 0.29) is 11.7 Å². The van der Waals surface area contributed by atoms with Crippen LogP contribution < -0.4 is 5.43 Å². The number of nitrogens with one attached hydrogen (secondary N) is 1. The first-order valence-electron chi connectivity index (χ1n) is 7.90. The van der Waals surface area contributed by atoms with Gasteiger partial charge in [-0.2, -0.15) is 5.10 Å². The molecule has 27 heavy (non-hydrogen) atoms. The zero-order valence-electron chi connectivity index (χ0n) is 14.0. The van der Waals surface area contributed by atoms with Crippen molar-refractivity contribution in [2.75, 3.05) is 5.75 Å². The highest BCUT2D eigenvalue weighted by Gasteiger charge is 2.08. The number of aromatic nitrogens is 2. The molecule has 3 aromatic rings. The number of halogens is 1. The Morgan fingerprint density at radius 3 is 2.56 bits per heavy atom. The number of hydrogen-bond donors (Lipinski definition) is 1. The molecule has 1 N–H and O–H groups in total. The average molecular weight is 435 g/mol. The number of benzene rings is 2. The lowest BCUT2D eigenvalue weighted by Crippen LogP contribution is -2.19. The van der Waals surface area contributed by atoms with Crippen LogP contribution in [0.1, 0.15) is 11.1 Å². The Labute approximate surface area is 174 Å². The second kappa shape index (κ2) is 10.5. The lowest BCUT2D eigenvalue weighted by Gasteiger charge is -1.98. The van der Waals surface area contributed by atoms with Crippen LogP contribution in [-0.4, -0.2) is 28.1 Å². The third-order valence-corrected chi connectivity index (χ3v) is 6.82. The van der Waals surface area contributed by atoms with Gasteiger partial charge in [0.25, 0.3) is 5.91 Å². The SMILES string of the molecule is O=C(CSc1nnc(SCc2ccccc2)s1)N/N=C\c1ccccc1Cl. The molecule has 1 amide bonds. The van der Waals surface area contributed by atoms with Crippen molar-refractivity contribution in [3.8, 4) is 0 Å². The molecular formula is C18H15ClN4OS3. The molecule has 0 fully saturated rings. The molecule has 0 bridgehead atoms. The van der Waals surface area contributed by atoms with Crippen molar-refractivity contribution in [2.45, 2.75) is 14.4 Å². The Hall–Kier alpha value is -1.87. The third-order valence-electron chi connectivity index (χ3n) is 3.22. The van der Waals surface area contributed by atoms with E-state index in [0.29, 0.717) is 5.02 Å². The van der Waals surface area contributed by atoms with Gasteiger partial charge >= 0.3 is 0 Å². The highest BCUT2D eigenvalue weighted by molar-refractivity contribution is 8.03. The van der Waals surface area contributed by atoms with Gasteiger partial charge in [-0.25, -0.2) is 5.43 Å². The van der Waals surface area contributed by atoms with E-state index in [2.05, 4.69) is 32.9 Å². The Kier molecular flexibility index (Phi) is 7.70. The quantitative estimate of drug-likeness (QED) is 0.315. The van der Waals surface area contributed by atoms with Gasteiger partial charge in [-0.05, 0) is 11.6 Å². The van der Waals surface area contributed by atoms with E-state index in [1.165, 1.54) is 34.9 Å². The Morgan fingerprint density at radius 2 is 1.78 bits per heavy atom. The van der Waals surface area contributed by atoms with Crippen LogP contribution in [0, 0.1) is 0 Å². The van der Waals surface area contributed by atoms with E-state index >= 15 is 0 Å². The number of hydrazone groups is 1. The predicted molar refractivity (Wildman–Crippen MR) is 114 cm³/mol. The first kappa shape index (κ1) is 19.9. The minimum absolute atomic E-state index is 0.211. The molecular weight excluding hydrogens is 420 g/mol. The number of carbonyl (C=O) groups is 1. The summed E-state index contributed by atoms with van der Waals surface area (Å²) in [6.45, 7) is 0. The minimum Gasteiger partial charge on any atom is -0.272 e. The molecule has 9 heteroatoms. The van der Waals surface area contributed by atoms with Gasteiger partial charge in [-0.15, -0.1) is 10.2 Å². The molecule has 1 heterocycles. The lowest BCUT2D eigenvalue weighted by molar-refractivity contribution is -0.118. The van der Waals surface area contributed by atoms with E-state index in [4.69, 9.17) is 11.6 Å². The maximum Gasteiger partial charge on any atom is 0.250 e. The maximum absolute atomic E-state index is 11.9. The van der Waals surface area contributed by atoms with Gasteiger partial charge in [0.05, 0.1) is 12.0 Å². The van der Waals surface area contributed by atoms with E-state index in [0.717, 1.165) is 20.0 Å². The summed E-state index contributed by atoms with van der Waals surface area (Å²) < 4.78 is 1.65. The van der Waals surface area contributed by atoms with Gasteiger partial charge in [0.15, 0.2) is 8.68 Å². The van der Waals surface area contributed by atoms with Crippen molar-refractivity contribution in [1.82, 2.24) is 15.6 Å². The fourth-order valence-corrected chi connectivity index (χ4v) is 4.90. The summed E-state index contributed by atoms with van der Waals surface area (Å²) in [5.41, 5.74) is 4.47. The van der Waals surface area contributed by atoms with E-state index in [1.807, 2.05) is 36.4 Å². The molecule has 0 saturated carbocycles. The third kappa shape index (κ3) is 6.66. The summed E-state index contributed by atoms with van der Waals surface area (Å²) in [6, 6.07) is 17.5. The fraction of sp³-hybridized carbons (Fsp3) is 0.111. The molecule has 1 aromatic heterocycles. The Balaban J connectivity index is 1.41. The molecule has 0 atom stereocenters. The van der Waals surface area contributed by atoms with Crippen molar-refractivity contribution in [3.05, 3.63) is 70.7 Å². The van der Waals surface area contributed by atoms with Crippen molar-refractivity contribution in [2.24, 2.45) is 5.10 Å². The van der Waals surface area contributed by atoms with Crippen molar-refractivity contribution < 1.29 is 4.79 Å². The van der Waals surface area contributed by atoms with Crippen LogP contribution in [0.2, 0.25) is 5.02 Å². The smallest absolute Gasteiger partial charge is 0.250 e. The molecule has 0 aliphatic carbocycles. The minimum atomic E-state index is -0.211. The number of thioether (sulfide) groups is 2. The summed E-state index contributed by atoms with van der Waals surface area (Å²) >= 11 is 10.5. The van der Waals surface area contributed by atoms with Crippen LogP contribution in [0.15, 0.2) is 68.4 Å². The molecule has 138 valence electrons. The van der Waals surface area contributed by atoms with Crippen molar-refractivity contribution in [1.29, 1.82) is 0 Å². The zero-order chi connectivity index (χ0) is 18.9. The summed E-state index contributed by atoms with van der Waals surface area (Å²) in [6.07, 6.45) is 1.52. The van der Waals surface area contributed by atoms with Crippen LogP contribution in [-0.2, 0) is 10.5 Å². The fourth-order valence-electron chi connectivity index (χ4n) is 1.95. The number of rotatable bonds is 8.